The molecule has 0 radical (unpaired) electrons. The van der Waals surface area contributed by atoms with Crippen LogP contribution < -0.4 is 4.74 Å². The lowest BCUT2D eigenvalue weighted by Crippen LogP contribution is -2.22. The van der Waals surface area contributed by atoms with Gasteiger partial charge in [0.2, 0.25) is 0 Å². The van der Waals surface area contributed by atoms with Gasteiger partial charge in [-0.3, -0.25) is 4.79 Å². The SMILES string of the molecule is C=CCOc1ccc(CN(C)CCC2CCOC2=O)cc1. The topological polar surface area (TPSA) is 38.8 Å². The number of carbonyl (C=O) groups excluding carboxylic acids is 1. The molecule has 2 rings (SSSR count). The summed E-state index contributed by atoms with van der Waals surface area (Å²) in [6, 6.07) is 8.08. The van der Waals surface area contributed by atoms with Crippen molar-refractivity contribution in [1.29, 1.82) is 0 Å². The lowest BCUT2D eigenvalue weighted by molar-refractivity contribution is -0.141. The number of carbonyl (C=O) groups is 1. The molecular weight excluding hydrogens is 266 g/mol. The van der Waals surface area contributed by atoms with Crippen LogP contribution in [0, 0.1) is 5.92 Å². The molecule has 1 aliphatic heterocycles. The van der Waals surface area contributed by atoms with Crippen molar-refractivity contribution in [3.8, 4) is 5.75 Å². The average Bonchev–Trinajstić information content (AvgIpc) is 2.90. The van der Waals surface area contributed by atoms with Crippen molar-refractivity contribution in [2.45, 2.75) is 19.4 Å². The second kappa shape index (κ2) is 7.84. The fourth-order valence-corrected chi connectivity index (χ4v) is 2.41. The fraction of sp³-hybridized carbons (Fsp3) is 0.471. The van der Waals surface area contributed by atoms with Crippen LogP contribution in [-0.2, 0) is 16.1 Å². The summed E-state index contributed by atoms with van der Waals surface area (Å²) in [5.41, 5.74) is 1.23. The zero-order chi connectivity index (χ0) is 15.1. The molecule has 1 saturated heterocycles. The predicted octanol–water partition coefficient (Wildman–Crippen LogP) is 2.64. The highest BCUT2D eigenvalue weighted by Crippen LogP contribution is 2.19. The van der Waals surface area contributed by atoms with E-state index >= 15 is 0 Å². The van der Waals surface area contributed by atoms with Crippen LogP contribution in [0.1, 0.15) is 18.4 Å². The maximum absolute atomic E-state index is 11.4. The third-order valence-corrected chi connectivity index (χ3v) is 3.65. The predicted molar refractivity (Wildman–Crippen MR) is 82.2 cm³/mol. The first kappa shape index (κ1) is 15.6. The van der Waals surface area contributed by atoms with E-state index in [0.29, 0.717) is 13.2 Å². The van der Waals surface area contributed by atoms with Crippen molar-refractivity contribution in [2.24, 2.45) is 5.92 Å². The summed E-state index contributed by atoms with van der Waals surface area (Å²) in [4.78, 5) is 13.6. The number of hydrogen-bond acceptors (Lipinski definition) is 4. The summed E-state index contributed by atoms with van der Waals surface area (Å²) < 4.78 is 10.4. The Hall–Kier alpha value is -1.81. The van der Waals surface area contributed by atoms with E-state index in [9.17, 15) is 4.79 Å². The van der Waals surface area contributed by atoms with E-state index in [0.717, 1.165) is 31.7 Å². The molecule has 1 aromatic rings. The minimum absolute atomic E-state index is 0.0351. The van der Waals surface area contributed by atoms with Crippen molar-refractivity contribution in [2.75, 3.05) is 26.8 Å². The number of ether oxygens (including phenoxy) is 2. The molecule has 1 unspecified atom stereocenters. The average molecular weight is 289 g/mol. The number of hydrogen-bond donors (Lipinski definition) is 0. The van der Waals surface area contributed by atoms with Gasteiger partial charge in [-0.25, -0.2) is 0 Å². The van der Waals surface area contributed by atoms with E-state index in [1.54, 1.807) is 6.08 Å². The van der Waals surface area contributed by atoms with Gasteiger partial charge in [0.05, 0.1) is 12.5 Å². The molecule has 0 saturated carbocycles. The number of nitrogens with zero attached hydrogens (tertiary/aromatic N) is 1. The van der Waals surface area contributed by atoms with Gasteiger partial charge in [-0.15, -0.1) is 0 Å². The van der Waals surface area contributed by atoms with Crippen molar-refractivity contribution in [1.82, 2.24) is 4.90 Å². The smallest absolute Gasteiger partial charge is 0.309 e. The first-order valence-electron chi connectivity index (χ1n) is 7.37. The zero-order valence-corrected chi connectivity index (χ0v) is 12.6. The molecule has 0 spiro atoms. The van der Waals surface area contributed by atoms with E-state index in [1.165, 1.54) is 5.56 Å². The maximum Gasteiger partial charge on any atom is 0.309 e. The molecule has 0 N–H and O–H groups in total. The molecule has 1 fully saturated rings. The Morgan fingerprint density at radius 3 is 2.81 bits per heavy atom. The van der Waals surface area contributed by atoms with E-state index in [4.69, 9.17) is 9.47 Å². The zero-order valence-electron chi connectivity index (χ0n) is 12.6. The van der Waals surface area contributed by atoms with Crippen molar-refractivity contribution < 1.29 is 14.3 Å². The second-order valence-electron chi connectivity index (χ2n) is 5.42. The van der Waals surface area contributed by atoms with E-state index in [2.05, 4.69) is 30.7 Å². The quantitative estimate of drug-likeness (QED) is 0.545. The van der Waals surface area contributed by atoms with E-state index in [-0.39, 0.29) is 11.9 Å². The summed E-state index contributed by atoms with van der Waals surface area (Å²) in [5, 5.41) is 0. The molecule has 114 valence electrons. The first-order chi connectivity index (χ1) is 10.2. The van der Waals surface area contributed by atoms with Gasteiger partial charge in [0.15, 0.2) is 0 Å². The van der Waals surface area contributed by atoms with E-state index < -0.39 is 0 Å². The third-order valence-electron chi connectivity index (χ3n) is 3.65. The molecule has 0 aromatic heterocycles. The molecule has 0 bridgehead atoms. The van der Waals surface area contributed by atoms with Crippen LogP contribution in [0.25, 0.3) is 0 Å². The van der Waals surface area contributed by atoms with Crippen LogP contribution in [-0.4, -0.2) is 37.7 Å². The Kier molecular flexibility index (Phi) is 5.81. The molecule has 21 heavy (non-hydrogen) atoms. The molecule has 0 amide bonds. The van der Waals surface area contributed by atoms with Crippen LogP contribution in [0.15, 0.2) is 36.9 Å². The standard InChI is InChI=1S/C17H23NO3/c1-3-11-20-16-6-4-14(5-7-16)13-18(2)10-8-15-9-12-21-17(15)19/h3-7,15H,1,8-13H2,2H3. The summed E-state index contributed by atoms with van der Waals surface area (Å²) in [7, 11) is 2.07. The molecule has 1 aromatic carbocycles. The minimum Gasteiger partial charge on any atom is -0.490 e. The van der Waals surface area contributed by atoms with Crippen LogP contribution in [0.2, 0.25) is 0 Å². The lowest BCUT2D eigenvalue weighted by Gasteiger charge is -2.18. The Morgan fingerprint density at radius 2 is 2.19 bits per heavy atom. The van der Waals surface area contributed by atoms with Crippen LogP contribution in [0.5, 0.6) is 5.75 Å². The second-order valence-corrected chi connectivity index (χ2v) is 5.42. The van der Waals surface area contributed by atoms with Crippen molar-refractivity contribution in [3.63, 3.8) is 0 Å². The van der Waals surface area contributed by atoms with Gasteiger partial charge in [-0.05, 0) is 44.1 Å². The lowest BCUT2D eigenvalue weighted by atomic mass is 10.0. The highest BCUT2D eigenvalue weighted by atomic mass is 16.5. The summed E-state index contributed by atoms with van der Waals surface area (Å²) in [6.45, 7) is 6.50. The summed E-state index contributed by atoms with van der Waals surface area (Å²) in [5.74, 6) is 0.907. The van der Waals surface area contributed by atoms with Crippen molar-refractivity contribution >= 4 is 5.97 Å². The Labute approximate surface area is 126 Å². The number of benzene rings is 1. The first-order valence-corrected chi connectivity index (χ1v) is 7.37. The van der Waals surface area contributed by atoms with Crippen LogP contribution in [0.4, 0.5) is 0 Å². The Bertz CT molecular complexity index is 469. The van der Waals surface area contributed by atoms with Gasteiger partial charge in [0.1, 0.15) is 12.4 Å². The maximum atomic E-state index is 11.4. The van der Waals surface area contributed by atoms with Crippen molar-refractivity contribution in [3.05, 3.63) is 42.5 Å². The fourth-order valence-electron chi connectivity index (χ4n) is 2.41. The van der Waals surface area contributed by atoms with Gasteiger partial charge >= 0.3 is 5.97 Å². The molecule has 4 heteroatoms. The van der Waals surface area contributed by atoms with Gasteiger partial charge in [0, 0.05) is 6.54 Å². The highest BCUT2D eigenvalue weighted by Gasteiger charge is 2.26. The van der Waals surface area contributed by atoms with Crippen LogP contribution >= 0.6 is 0 Å². The number of cyclic esters (lactones) is 1. The van der Waals surface area contributed by atoms with Gasteiger partial charge in [0.25, 0.3) is 0 Å². The normalized spacial score (nSPS) is 17.8. The Balaban J connectivity index is 1.75. The van der Waals surface area contributed by atoms with Gasteiger partial charge in [-0.2, -0.15) is 0 Å². The molecule has 1 heterocycles. The van der Waals surface area contributed by atoms with E-state index in [1.807, 2.05) is 12.1 Å². The molecule has 1 atom stereocenters. The van der Waals surface area contributed by atoms with Gasteiger partial charge in [-0.1, -0.05) is 24.8 Å². The summed E-state index contributed by atoms with van der Waals surface area (Å²) >= 11 is 0. The van der Waals surface area contributed by atoms with Crippen LogP contribution in [0.3, 0.4) is 0 Å². The monoisotopic (exact) mass is 289 g/mol. The molecule has 0 aliphatic carbocycles. The van der Waals surface area contributed by atoms with Gasteiger partial charge < -0.3 is 14.4 Å². The molecular formula is C17H23NO3. The largest absolute Gasteiger partial charge is 0.490 e. The minimum atomic E-state index is -0.0351. The number of rotatable bonds is 8. The highest BCUT2D eigenvalue weighted by molar-refractivity contribution is 5.74. The summed E-state index contributed by atoms with van der Waals surface area (Å²) in [6.07, 6.45) is 3.47. The Morgan fingerprint density at radius 1 is 1.43 bits per heavy atom. The molecule has 1 aliphatic rings. The third kappa shape index (κ3) is 4.90. The molecule has 4 nitrogen and oxygen atoms in total. The number of esters is 1.